The van der Waals surface area contributed by atoms with Gasteiger partial charge >= 0.3 is 0 Å². The Bertz CT molecular complexity index is 1050. The molecular weight excluding hydrogens is 362 g/mol. The van der Waals surface area contributed by atoms with Gasteiger partial charge in [-0.25, -0.2) is 0 Å². The van der Waals surface area contributed by atoms with E-state index >= 15 is 0 Å². The summed E-state index contributed by atoms with van der Waals surface area (Å²) in [7, 11) is 0. The summed E-state index contributed by atoms with van der Waals surface area (Å²) in [6.45, 7) is 1.48. The summed E-state index contributed by atoms with van der Waals surface area (Å²) in [5, 5.41) is 23.1. The maximum Gasteiger partial charge on any atom is 0.269 e. The fourth-order valence-electron chi connectivity index (χ4n) is 4.09. The van der Waals surface area contributed by atoms with Crippen LogP contribution in [-0.2, 0) is 11.2 Å². The van der Waals surface area contributed by atoms with E-state index in [-0.39, 0.29) is 30.1 Å². The number of fused-ring (bicyclic) bond motifs is 3. The first-order valence-corrected chi connectivity index (χ1v) is 9.05. The highest BCUT2D eigenvalue weighted by Crippen LogP contribution is 2.34. The van der Waals surface area contributed by atoms with E-state index in [4.69, 9.17) is 0 Å². The highest BCUT2D eigenvalue weighted by Gasteiger charge is 2.47. The Morgan fingerprint density at radius 2 is 1.89 bits per heavy atom. The molecule has 2 unspecified atom stereocenters. The molecule has 0 radical (unpaired) electrons. The summed E-state index contributed by atoms with van der Waals surface area (Å²) < 4.78 is 1.65. The molecule has 6 rings (SSSR count). The number of hydrogen-bond donors (Lipinski definition) is 0. The molecule has 1 amide bonds. The lowest BCUT2D eigenvalue weighted by atomic mass is 9.86. The van der Waals surface area contributed by atoms with Gasteiger partial charge in [-0.3, -0.25) is 14.9 Å². The summed E-state index contributed by atoms with van der Waals surface area (Å²) in [5.41, 5.74) is 1.52. The number of piperazine rings is 1. The number of non-ortho nitro benzene ring substituents is 1. The van der Waals surface area contributed by atoms with Crippen molar-refractivity contribution in [2.75, 3.05) is 18.0 Å². The molecule has 3 fully saturated rings. The van der Waals surface area contributed by atoms with Crippen molar-refractivity contribution < 1.29 is 9.72 Å². The van der Waals surface area contributed by atoms with E-state index in [0.29, 0.717) is 5.65 Å². The quantitative estimate of drug-likeness (QED) is 0.492. The van der Waals surface area contributed by atoms with Crippen LogP contribution < -0.4 is 4.90 Å². The minimum absolute atomic E-state index is 0.0326. The zero-order valence-corrected chi connectivity index (χ0v) is 14.9. The summed E-state index contributed by atoms with van der Waals surface area (Å²) in [6, 6.07) is 10.3. The second-order valence-corrected chi connectivity index (χ2v) is 7.17. The standard InChI is InChI=1S/C18H17N7O3/c26-18(7-12-1-3-13(4-2-12)25(27)28)24-14-8-15(24)10-22(9-14)17-6-5-16-20-19-11-23(16)21-17/h1-6,11,14-15H,7-10H2. The molecule has 10 nitrogen and oxygen atoms in total. The van der Waals surface area contributed by atoms with E-state index in [9.17, 15) is 14.9 Å². The van der Waals surface area contributed by atoms with E-state index in [0.717, 1.165) is 30.9 Å². The first-order valence-electron chi connectivity index (χ1n) is 9.05. The molecule has 0 saturated carbocycles. The second-order valence-electron chi connectivity index (χ2n) is 7.17. The van der Waals surface area contributed by atoms with Crippen LogP contribution in [0, 0.1) is 10.1 Å². The van der Waals surface area contributed by atoms with E-state index in [1.165, 1.54) is 12.1 Å². The summed E-state index contributed by atoms with van der Waals surface area (Å²) >= 11 is 0. The molecule has 3 aromatic rings. The van der Waals surface area contributed by atoms with Gasteiger partial charge in [0.1, 0.15) is 12.1 Å². The highest BCUT2D eigenvalue weighted by molar-refractivity contribution is 5.81. The molecular formula is C18H17N7O3. The van der Waals surface area contributed by atoms with E-state index < -0.39 is 4.92 Å². The fraction of sp³-hybridized carbons (Fsp3) is 0.333. The number of carbonyl (C=O) groups is 1. The lowest BCUT2D eigenvalue weighted by Crippen LogP contribution is -2.70. The molecule has 5 heterocycles. The lowest BCUT2D eigenvalue weighted by molar-refractivity contribution is -0.384. The molecule has 0 aliphatic carbocycles. The lowest BCUT2D eigenvalue weighted by Gasteiger charge is -2.56. The number of aromatic nitrogens is 4. The number of anilines is 1. The zero-order chi connectivity index (χ0) is 19.3. The monoisotopic (exact) mass is 379 g/mol. The average molecular weight is 379 g/mol. The largest absolute Gasteiger partial charge is 0.351 e. The van der Waals surface area contributed by atoms with Crippen LogP contribution >= 0.6 is 0 Å². The third kappa shape index (κ3) is 2.73. The number of carbonyl (C=O) groups excluding carboxylic acids is 1. The summed E-state index contributed by atoms with van der Waals surface area (Å²) in [6.07, 6.45) is 2.83. The van der Waals surface area contributed by atoms with Crippen molar-refractivity contribution in [3.05, 3.63) is 58.4 Å². The Balaban J connectivity index is 1.25. The van der Waals surface area contributed by atoms with Gasteiger partial charge in [-0.15, -0.1) is 15.3 Å². The molecule has 142 valence electrons. The van der Waals surface area contributed by atoms with Crippen LogP contribution in [0.5, 0.6) is 0 Å². The van der Waals surface area contributed by atoms with Crippen molar-refractivity contribution in [1.29, 1.82) is 0 Å². The third-order valence-electron chi connectivity index (χ3n) is 5.46. The number of hydrogen-bond acceptors (Lipinski definition) is 7. The van der Waals surface area contributed by atoms with Gasteiger partial charge in [0, 0.05) is 25.2 Å². The zero-order valence-electron chi connectivity index (χ0n) is 14.9. The van der Waals surface area contributed by atoms with Gasteiger partial charge in [0.2, 0.25) is 5.91 Å². The normalized spacial score (nSPS) is 20.9. The van der Waals surface area contributed by atoms with Crippen LogP contribution in [0.25, 0.3) is 5.65 Å². The molecule has 3 aliphatic heterocycles. The summed E-state index contributed by atoms with van der Waals surface area (Å²) in [4.78, 5) is 27.2. The number of benzene rings is 1. The van der Waals surface area contributed by atoms with E-state index in [1.54, 1.807) is 23.0 Å². The van der Waals surface area contributed by atoms with Gasteiger partial charge in [0.05, 0.1) is 23.4 Å². The molecule has 10 heteroatoms. The minimum Gasteiger partial charge on any atom is -0.351 e. The molecule has 0 N–H and O–H groups in total. The molecule has 1 aromatic carbocycles. The van der Waals surface area contributed by atoms with Crippen molar-refractivity contribution in [3.8, 4) is 0 Å². The number of nitrogens with zero attached hydrogens (tertiary/aromatic N) is 7. The van der Waals surface area contributed by atoms with Crippen LogP contribution in [-0.4, -0.2) is 60.7 Å². The molecule has 28 heavy (non-hydrogen) atoms. The van der Waals surface area contributed by atoms with Crippen molar-refractivity contribution in [3.63, 3.8) is 0 Å². The van der Waals surface area contributed by atoms with Crippen molar-refractivity contribution in [1.82, 2.24) is 24.7 Å². The Kier molecular flexibility index (Phi) is 3.71. The Labute approximate surface area is 159 Å². The minimum atomic E-state index is -0.439. The van der Waals surface area contributed by atoms with Crippen LogP contribution in [0.3, 0.4) is 0 Å². The number of rotatable bonds is 4. The van der Waals surface area contributed by atoms with Crippen molar-refractivity contribution >= 4 is 23.1 Å². The number of nitro benzene ring substituents is 1. The first-order chi connectivity index (χ1) is 13.6. The van der Waals surface area contributed by atoms with Gasteiger partial charge in [0.25, 0.3) is 5.69 Å². The van der Waals surface area contributed by atoms with Gasteiger partial charge in [0.15, 0.2) is 5.65 Å². The van der Waals surface area contributed by atoms with Crippen LogP contribution in [0.4, 0.5) is 11.5 Å². The number of nitro groups is 1. The molecule has 2 bridgehead atoms. The molecule has 2 atom stereocenters. The summed E-state index contributed by atoms with van der Waals surface area (Å²) in [5.74, 6) is 0.918. The smallest absolute Gasteiger partial charge is 0.269 e. The van der Waals surface area contributed by atoms with Gasteiger partial charge in [-0.05, 0) is 24.1 Å². The fourth-order valence-corrected chi connectivity index (χ4v) is 4.09. The van der Waals surface area contributed by atoms with Gasteiger partial charge in [-0.2, -0.15) is 4.52 Å². The van der Waals surface area contributed by atoms with Gasteiger partial charge < -0.3 is 9.80 Å². The second kappa shape index (κ2) is 6.25. The Hall–Kier alpha value is -3.56. The van der Waals surface area contributed by atoms with Gasteiger partial charge in [-0.1, -0.05) is 12.1 Å². The number of amides is 1. The average Bonchev–Trinajstić information content (AvgIpc) is 3.16. The van der Waals surface area contributed by atoms with E-state index in [2.05, 4.69) is 20.2 Å². The highest BCUT2D eigenvalue weighted by atomic mass is 16.6. The molecule has 2 aromatic heterocycles. The molecule has 3 aliphatic rings. The Morgan fingerprint density at radius 1 is 1.14 bits per heavy atom. The van der Waals surface area contributed by atoms with E-state index in [1.807, 2.05) is 17.0 Å². The number of piperidine rings is 1. The first kappa shape index (κ1) is 16.6. The maximum absolute atomic E-state index is 12.7. The van der Waals surface area contributed by atoms with Crippen molar-refractivity contribution in [2.45, 2.75) is 24.9 Å². The van der Waals surface area contributed by atoms with Crippen LogP contribution in [0.15, 0.2) is 42.7 Å². The SMILES string of the molecule is O=C(Cc1ccc([N+](=O)[O-])cc1)N1C2CC1CN(c1ccc3nncn3n1)C2. The molecule has 0 spiro atoms. The van der Waals surface area contributed by atoms with Crippen LogP contribution in [0.2, 0.25) is 0 Å². The maximum atomic E-state index is 12.7. The predicted octanol–water partition coefficient (Wildman–Crippen LogP) is 1.06. The topological polar surface area (TPSA) is 110 Å². The Morgan fingerprint density at radius 3 is 2.61 bits per heavy atom. The molecule has 3 saturated heterocycles. The van der Waals surface area contributed by atoms with Crippen molar-refractivity contribution in [2.24, 2.45) is 0 Å². The third-order valence-corrected chi connectivity index (χ3v) is 5.46. The van der Waals surface area contributed by atoms with Crippen LogP contribution in [0.1, 0.15) is 12.0 Å². The predicted molar refractivity (Wildman–Crippen MR) is 98.8 cm³/mol.